The maximum atomic E-state index is 12.1. The first-order chi connectivity index (χ1) is 11.9. The zero-order chi connectivity index (χ0) is 18.3. The molecule has 0 aliphatic rings. The van der Waals surface area contributed by atoms with E-state index < -0.39 is 15.9 Å². The molecular weight excluding hydrogens is 340 g/mol. The lowest BCUT2D eigenvalue weighted by Crippen LogP contribution is -2.40. The van der Waals surface area contributed by atoms with Crippen molar-refractivity contribution in [3.05, 3.63) is 65.7 Å². The van der Waals surface area contributed by atoms with Gasteiger partial charge in [0, 0.05) is 6.08 Å². The highest BCUT2D eigenvalue weighted by molar-refractivity contribution is 7.89. The summed E-state index contributed by atoms with van der Waals surface area (Å²) in [6.45, 7) is 4.28. The first-order valence-corrected chi connectivity index (χ1v) is 9.18. The van der Waals surface area contributed by atoms with Gasteiger partial charge in [0.25, 0.3) is 15.9 Å². The number of hydrogen-bond acceptors (Lipinski definition) is 4. The predicted octanol–water partition coefficient (Wildman–Crippen LogP) is 2.42. The zero-order valence-electron chi connectivity index (χ0n) is 14.0. The van der Waals surface area contributed by atoms with E-state index in [-0.39, 0.29) is 4.90 Å². The summed E-state index contributed by atoms with van der Waals surface area (Å²) in [5.41, 5.74) is 4.07. The summed E-state index contributed by atoms with van der Waals surface area (Å²) < 4.78 is 29.5. The monoisotopic (exact) mass is 360 g/mol. The lowest BCUT2D eigenvalue weighted by molar-refractivity contribution is -0.116. The van der Waals surface area contributed by atoms with Gasteiger partial charge in [-0.25, -0.2) is 8.42 Å². The van der Waals surface area contributed by atoms with Crippen molar-refractivity contribution in [3.8, 4) is 5.75 Å². The van der Waals surface area contributed by atoms with Crippen molar-refractivity contribution in [1.82, 2.24) is 10.3 Å². The molecule has 1 amide bonds. The highest BCUT2D eigenvalue weighted by atomic mass is 32.2. The molecule has 0 saturated carbocycles. The van der Waals surface area contributed by atoms with Crippen molar-refractivity contribution in [2.75, 3.05) is 6.61 Å². The summed E-state index contributed by atoms with van der Waals surface area (Å²) in [5, 5.41) is 0. The van der Waals surface area contributed by atoms with Crippen LogP contribution in [0, 0.1) is 6.92 Å². The molecule has 0 spiro atoms. The first-order valence-electron chi connectivity index (χ1n) is 7.70. The molecule has 2 aromatic carbocycles. The molecule has 0 fully saturated rings. The van der Waals surface area contributed by atoms with E-state index in [9.17, 15) is 13.2 Å². The third-order valence-electron chi connectivity index (χ3n) is 3.22. The quantitative estimate of drug-likeness (QED) is 0.587. The van der Waals surface area contributed by atoms with Gasteiger partial charge in [-0.2, -0.15) is 0 Å². The molecule has 132 valence electrons. The number of rotatable bonds is 7. The van der Waals surface area contributed by atoms with Crippen LogP contribution in [0.5, 0.6) is 5.75 Å². The van der Waals surface area contributed by atoms with E-state index in [1.165, 1.54) is 18.2 Å². The number of carbonyl (C=O) groups excluding carboxylic acids is 1. The van der Waals surface area contributed by atoms with Crippen LogP contribution < -0.4 is 15.0 Å². The SMILES string of the molecule is CCOc1ccc(S(=O)(=O)NNC(=O)/C=C/c2cccc(C)c2)cc1. The number of carbonyl (C=O) groups is 1. The first kappa shape index (κ1) is 18.7. The number of sulfonamides is 1. The summed E-state index contributed by atoms with van der Waals surface area (Å²) >= 11 is 0. The summed E-state index contributed by atoms with van der Waals surface area (Å²) in [7, 11) is -3.85. The van der Waals surface area contributed by atoms with Gasteiger partial charge >= 0.3 is 0 Å². The van der Waals surface area contributed by atoms with Gasteiger partial charge in [-0.1, -0.05) is 29.8 Å². The van der Waals surface area contributed by atoms with E-state index >= 15 is 0 Å². The Morgan fingerprint density at radius 3 is 2.52 bits per heavy atom. The standard InChI is InChI=1S/C18H20N2O4S/c1-3-24-16-8-10-17(11-9-16)25(22,23)20-19-18(21)12-7-15-6-4-5-14(2)13-15/h4-13,20H,3H2,1-2H3,(H,19,21)/b12-7+. The molecule has 25 heavy (non-hydrogen) atoms. The van der Waals surface area contributed by atoms with Crippen LogP contribution in [0.4, 0.5) is 0 Å². The zero-order valence-corrected chi connectivity index (χ0v) is 14.8. The Morgan fingerprint density at radius 1 is 1.16 bits per heavy atom. The van der Waals surface area contributed by atoms with Gasteiger partial charge in [0.1, 0.15) is 5.75 Å². The Hall–Kier alpha value is -2.64. The molecule has 0 heterocycles. The normalized spacial score (nSPS) is 11.4. The molecule has 2 aromatic rings. The topological polar surface area (TPSA) is 84.5 Å². The van der Waals surface area contributed by atoms with Gasteiger partial charge < -0.3 is 4.74 Å². The fourth-order valence-corrected chi connectivity index (χ4v) is 2.89. The van der Waals surface area contributed by atoms with Crippen LogP contribution in [-0.2, 0) is 14.8 Å². The van der Waals surface area contributed by atoms with Gasteiger partial charge in [0.2, 0.25) is 0 Å². The van der Waals surface area contributed by atoms with E-state index in [4.69, 9.17) is 4.74 Å². The highest BCUT2D eigenvalue weighted by Gasteiger charge is 2.14. The van der Waals surface area contributed by atoms with Crippen molar-refractivity contribution in [3.63, 3.8) is 0 Å². The Bertz CT molecular complexity index is 859. The van der Waals surface area contributed by atoms with E-state index in [2.05, 4.69) is 10.3 Å². The summed E-state index contributed by atoms with van der Waals surface area (Å²) in [5.74, 6) is 0.00240. The third kappa shape index (κ3) is 5.74. The second-order valence-corrected chi connectivity index (χ2v) is 6.93. The second-order valence-electron chi connectivity index (χ2n) is 5.25. The average molecular weight is 360 g/mol. The Morgan fingerprint density at radius 2 is 1.88 bits per heavy atom. The van der Waals surface area contributed by atoms with Crippen LogP contribution in [0.2, 0.25) is 0 Å². The molecule has 7 heteroatoms. The van der Waals surface area contributed by atoms with Gasteiger partial charge in [0.15, 0.2) is 0 Å². The minimum atomic E-state index is -3.85. The van der Waals surface area contributed by atoms with Gasteiger partial charge in [-0.3, -0.25) is 10.2 Å². The lowest BCUT2D eigenvalue weighted by atomic mass is 10.1. The molecule has 0 aromatic heterocycles. The smallest absolute Gasteiger partial charge is 0.258 e. The molecule has 2 N–H and O–H groups in total. The summed E-state index contributed by atoms with van der Waals surface area (Å²) in [4.78, 5) is 13.9. The molecule has 2 rings (SSSR count). The van der Waals surface area contributed by atoms with Crippen molar-refractivity contribution in [2.45, 2.75) is 18.7 Å². The molecule has 0 atom stereocenters. The third-order valence-corrected chi connectivity index (χ3v) is 4.49. The number of hydrazine groups is 1. The fraction of sp³-hybridized carbons (Fsp3) is 0.167. The van der Waals surface area contributed by atoms with Crippen LogP contribution in [-0.4, -0.2) is 20.9 Å². The van der Waals surface area contributed by atoms with Crippen LogP contribution in [0.3, 0.4) is 0 Å². The number of hydrogen-bond donors (Lipinski definition) is 2. The molecule has 0 unspecified atom stereocenters. The van der Waals surface area contributed by atoms with Crippen LogP contribution in [0.25, 0.3) is 6.08 Å². The molecule has 6 nitrogen and oxygen atoms in total. The van der Waals surface area contributed by atoms with E-state index in [0.29, 0.717) is 12.4 Å². The van der Waals surface area contributed by atoms with E-state index in [1.54, 1.807) is 18.2 Å². The van der Waals surface area contributed by atoms with Gasteiger partial charge in [0.05, 0.1) is 11.5 Å². The Labute approximate surface area is 147 Å². The van der Waals surface area contributed by atoms with Crippen LogP contribution in [0.15, 0.2) is 59.5 Å². The Balaban J connectivity index is 1.95. The molecule has 0 bridgehead atoms. The minimum Gasteiger partial charge on any atom is -0.494 e. The number of aryl methyl sites for hydroxylation is 1. The van der Waals surface area contributed by atoms with Crippen molar-refractivity contribution in [2.24, 2.45) is 0 Å². The predicted molar refractivity (Wildman–Crippen MR) is 96.3 cm³/mol. The van der Waals surface area contributed by atoms with E-state index in [1.807, 2.05) is 38.1 Å². The highest BCUT2D eigenvalue weighted by Crippen LogP contribution is 2.15. The number of amides is 1. The summed E-state index contributed by atoms with van der Waals surface area (Å²) in [6.07, 6.45) is 2.86. The largest absolute Gasteiger partial charge is 0.494 e. The number of ether oxygens (including phenoxy) is 1. The molecule has 0 saturated heterocycles. The molecule has 0 aliphatic carbocycles. The lowest BCUT2D eigenvalue weighted by Gasteiger charge is -2.08. The molecule has 0 radical (unpaired) electrons. The number of benzene rings is 2. The fourth-order valence-electron chi connectivity index (χ4n) is 2.05. The van der Waals surface area contributed by atoms with Crippen LogP contribution >= 0.6 is 0 Å². The average Bonchev–Trinajstić information content (AvgIpc) is 2.59. The van der Waals surface area contributed by atoms with Crippen molar-refractivity contribution in [1.29, 1.82) is 0 Å². The number of nitrogens with one attached hydrogen (secondary N) is 2. The maximum absolute atomic E-state index is 12.1. The van der Waals surface area contributed by atoms with E-state index in [0.717, 1.165) is 11.1 Å². The second kappa shape index (κ2) is 8.46. The van der Waals surface area contributed by atoms with Gasteiger partial charge in [-0.15, -0.1) is 4.83 Å². The summed E-state index contributed by atoms with van der Waals surface area (Å²) in [6, 6.07) is 13.5. The van der Waals surface area contributed by atoms with Crippen molar-refractivity contribution < 1.29 is 17.9 Å². The molecule has 0 aliphatic heterocycles. The Kier molecular flexibility index (Phi) is 6.32. The van der Waals surface area contributed by atoms with Gasteiger partial charge in [-0.05, 0) is 49.8 Å². The maximum Gasteiger partial charge on any atom is 0.258 e. The molecular formula is C18H20N2O4S. The van der Waals surface area contributed by atoms with Crippen molar-refractivity contribution >= 4 is 22.0 Å². The minimum absolute atomic E-state index is 0.0268. The van der Waals surface area contributed by atoms with Crippen LogP contribution in [0.1, 0.15) is 18.1 Å².